The first-order valence-corrected chi connectivity index (χ1v) is 6.88. The quantitative estimate of drug-likeness (QED) is 0.728. The Hall–Kier alpha value is -2.22. The Morgan fingerprint density at radius 3 is 2.68 bits per heavy atom. The summed E-state index contributed by atoms with van der Waals surface area (Å²) >= 11 is 0. The van der Waals surface area contributed by atoms with E-state index in [9.17, 15) is 8.42 Å². The van der Waals surface area contributed by atoms with Gasteiger partial charge >= 0.3 is 0 Å². The molecule has 19 heavy (non-hydrogen) atoms. The van der Waals surface area contributed by atoms with Crippen molar-refractivity contribution < 1.29 is 13.2 Å². The van der Waals surface area contributed by atoms with E-state index in [0.29, 0.717) is 22.8 Å². The van der Waals surface area contributed by atoms with Crippen molar-refractivity contribution in [3.8, 4) is 5.75 Å². The summed E-state index contributed by atoms with van der Waals surface area (Å²) in [5.74, 6) is 0.488. The number of nitrogens with two attached hydrogens (primary N) is 1. The minimum atomic E-state index is -3.68. The maximum atomic E-state index is 12.1. The highest BCUT2D eigenvalue weighted by Crippen LogP contribution is 2.26. The van der Waals surface area contributed by atoms with Crippen molar-refractivity contribution in [1.82, 2.24) is 10.2 Å². The lowest BCUT2D eigenvalue weighted by molar-refractivity contribution is 0.417. The molecule has 1 aromatic heterocycles. The van der Waals surface area contributed by atoms with E-state index in [0.717, 1.165) is 0 Å². The van der Waals surface area contributed by atoms with Crippen molar-refractivity contribution in [2.75, 3.05) is 17.6 Å². The van der Waals surface area contributed by atoms with Crippen LogP contribution in [0.25, 0.3) is 0 Å². The third-order valence-corrected chi connectivity index (χ3v) is 4.05. The number of nitrogens with one attached hydrogen (secondary N) is 2. The van der Waals surface area contributed by atoms with Gasteiger partial charge in [-0.15, -0.1) is 0 Å². The number of aromatic amines is 1. The standard InChI is InChI=1S/C11H14N4O3S/c1-7-11(6-13-14-7)19(16,17)15-8-3-4-10(18-2)9(12)5-8/h3-6,15H,12H2,1-2H3,(H,13,14). The number of aromatic nitrogens is 2. The molecule has 0 spiro atoms. The number of hydrogen-bond donors (Lipinski definition) is 3. The fraction of sp³-hybridized carbons (Fsp3) is 0.182. The van der Waals surface area contributed by atoms with Gasteiger partial charge < -0.3 is 10.5 Å². The van der Waals surface area contributed by atoms with Gasteiger partial charge in [-0.05, 0) is 25.1 Å². The zero-order valence-electron chi connectivity index (χ0n) is 10.5. The van der Waals surface area contributed by atoms with E-state index in [1.54, 1.807) is 19.1 Å². The largest absolute Gasteiger partial charge is 0.495 e. The van der Waals surface area contributed by atoms with Crippen molar-refractivity contribution in [2.24, 2.45) is 0 Å². The van der Waals surface area contributed by atoms with Crippen LogP contribution in [0.15, 0.2) is 29.3 Å². The monoisotopic (exact) mass is 282 g/mol. The maximum absolute atomic E-state index is 12.1. The molecule has 4 N–H and O–H groups in total. The van der Waals surface area contributed by atoms with Crippen molar-refractivity contribution in [2.45, 2.75) is 11.8 Å². The van der Waals surface area contributed by atoms with E-state index >= 15 is 0 Å². The molecule has 1 heterocycles. The molecule has 0 atom stereocenters. The highest BCUT2D eigenvalue weighted by molar-refractivity contribution is 7.92. The number of nitrogens with zero attached hydrogens (tertiary/aromatic N) is 1. The predicted octanol–water partition coefficient (Wildman–Crippen LogP) is 1.11. The van der Waals surface area contributed by atoms with Crippen LogP contribution in [0.1, 0.15) is 5.69 Å². The minimum Gasteiger partial charge on any atom is -0.495 e. The fourth-order valence-electron chi connectivity index (χ4n) is 1.62. The highest BCUT2D eigenvalue weighted by atomic mass is 32.2. The second-order valence-corrected chi connectivity index (χ2v) is 5.57. The molecule has 2 rings (SSSR count). The van der Waals surface area contributed by atoms with E-state index in [4.69, 9.17) is 10.5 Å². The third-order valence-electron chi connectivity index (χ3n) is 2.56. The molecule has 1 aromatic carbocycles. The minimum absolute atomic E-state index is 0.0990. The Kier molecular flexibility index (Phi) is 3.34. The molecule has 0 saturated heterocycles. The summed E-state index contributed by atoms with van der Waals surface area (Å²) in [5.41, 5.74) is 6.90. The summed E-state index contributed by atoms with van der Waals surface area (Å²) in [7, 11) is -2.19. The number of benzene rings is 1. The van der Waals surface area contributed by atoms with E-state index in [2.05, 4.69) is 14.9 Å². The van der Waals surface area contributed by atoms with Crippen LogP contribution in [0.4, 0.5) is 11.4 Å². The molecule has 0 radical (unpaired) electrons. The Labute approximate surface area is 110 Å². The lowest BCUT2D eigenvalue weighted by Crippen LogP contribution is -2.13. The van der Waals surface area contributed by atoms with Gasteiger partial charge in [-0.25, -0.2) is 8.42 Å². The molecule has 8 heteroatoms. The van der Waals surface area contributed by atoms with Gasteiger partial charge in [-0.2, -0.15) is 5.10 Å². The smallest absolute Gasteiger partial charge is 0.265 e. The van der Waals surface area contributed by atoms with Crippen molar-refractivity contribution in [3.63, 3.8) is 0 Å². The van der Waals surface area contributed by atoms with Crippen LogP contribution < -0.4 is 15.2 Å². The molecule has 102 valence electrons. The van der Waals surface area contributed by atoms with Crippen LogP contribution in [-0.2, 0) is 10.0 Å². The number of hydrogen-bond acceptors (Lipinski definition) is 5. The molecule has 0 unspecified atom stereocenters. The molecule has 0 fully saturated rings. The summed E-state index contributed by atoms with van der Waals surface area (Å²) in [6, 6.07) is 4.66. The SMILES string of the molecule is COc1ccc(NS(=O)(=O)c2cn[nH]c2C)cc1N. The van der Waals surface area contributed by atoms with Crippen molar-refractivity contribution >= 4 is 21.4 Å². The Balaban J connectivity index is 2.31. The molecular formula is C11H14N4O3S. The van der Waals surface area contributed by atoms with Gasteiger partial charge in [-0.1, -0.05) is 0 Å². The first kappa shape index (κ1) is 13.2. The molecule has 0 aliphatic rings. The first-order chi connectivity index (χ1) is 8.94. The summed E-state index contributed by atoms with van der Waals surface area (Å²) in [6.45, 7) is 1.63. The zero-order chi connectivity index (χ0) is 14.0. The number of aryl methyl sites for hydroxylation is 1. The summed E-state index contributed by atoms with van der Waals surface area (Å²) in [5, 5.41) is 6.26. The number of nitrogen functional groups attached to an aromatic ring is 1. The van der Waals surface area contributed by atoms with Gasteiger partial charge in [0.15, 0.2) is 0 Å². The lowest BCUT2D eigenvalue weighted by atomic mass is 10.2. The van der Waals surface area contributed by atoms with Gasteiger partial charge in [0.25, 0.3) is 10.0 Å². The highest BCUT2D eigenvalue weighted by Gasteiger charge is 2.18. The Morgan fingerprint density at radius 2 is 2.16 bits per heavy atom. The second kappa shape index (κ2) is 4.81. The normalized spacial score (nSPS) is 11.3. The van der Waals surface area contributed by atoms with E-state index in [1.807, 2.05) is 0 Å². The third kappa shape index (κ3) is 2.63. The Bertz CT molecular complexity index is 694. The van der Waals surface area contributed by atoms with Gasteiger partial charge in [-0.3, -0.25) is 9.82 Å². The van der Waals surface area contributed by atoms with E-state index in [1.165, 1.54) is 19.4 Å². The van der Waals surface area contributed by atoms with Crippen LogP contribution >= 0.6 is 0 Å². The topological polar surface area (TPSA) is 110 Å². The molecule has 0 aliphatic heterocycles. The molecule has 0 saturated carbocycles. The molecule has 2 aromatic rings. The summed E-state index contributed by atoms with van der Waals surface area (Å²) in [4.78, 5) is 0.0990. The molecule has 0 aliphatic carbocycles. The predicted molar refractivity (Wildman–Crippen MR) is 71.5 cm³/mol. The average molecular weight is 282 g/mol. The second-order valence-electron chi connectivity index (χ2n) is 3.92. The fourth-order valence-corrected chi connectivity index (χ4v) is 2.81. The number of H-pyrrole nitrogens is 1. The van der Waals surface area contributed by atoms with Crippen molar-refractivity contribution in [3.05, 3.63) is 30.1 Å². The van der Waals surface area contributed by atoms with E-state index < -0.39 is 10.0 Å². The molecule has 0 bridgehead atoms. The number of anilines is 2. The number of rotatable bonds is 4. The summed E-state index contributed by atoms with van der Waals surface area (Å²) < 4.78 is 31.6. The van der Waals surface area contributed by atoms with Crippen molar-refractivity contribution in [1.29, 1.82) is 0 Å². The Morgan fingerprint density at radius 1 is 1.42 bits per heavy atom. The molecule has 0 amide bonds. The van der Waals surface area contributed by atoms with Crippen LogP contribution in [-0.4, -0.2) is 25.7 Å². The first-order valence-electron chi connectivity index (χ1n) is 5.40. The van der Waals surface area contributed by atoms with Gasteiger partial charge in [0.1, 0.15) is 10.6 Å². The number of sulfonamides is 1. The van der Waals surface area contributed by atoms with Crippen LogP contribution in [0.3, 0.4) is 0 Å². The lowest BCUT2D eigenvalue weighted by Gasteiger charge is -2.09. The van der Waals surface area contributed by atoms with Gasteiger partial charge in [0, 0.05) is 0 Å². The molecule has 7 nitrogen and oxygen atoms in total. The van der Waals surface area contributed by atoms with E-state index in [-0.39, 0.29) is 4.90 Å². The maximum Gasteiger partial charge on any atom is 0.265 e. The van der Waals surface area contributed by atoms with Crippen LogP contribution in [0.2, 0.25) is 0 Å². The van der Waals surface area contributed by atoms with Gasteiger partial charge in [0.05, 0.1) is 30.4 Å². The average Bonchev–Trinajstić information content (AvgIpc) is 2.76. The zero-order valence-corrected chi connectivity index (χ0v) is 11.3. The van der Waals surface area contributed by atoms with Gasteiger partial charge in [0.2, 0.25) is 0 Å². The van der Waals surface area contributed by atoms with Crippen LogP contribution in [0, 0.1) is 6.92 Å². The molecular weight excluding hydrogens is 268 g/mol. The summed E-state index contributed by atoms with van der Waals surface area (Å²) in [6.07, 6.45) is 1.25. The van der Waals surface area contributed by atoms with Crippen LogP contribution in [0.5, 0.6) is 5.75 Å². The number of methoxy groups -OCH3 is 1. The number of ether oxygens (including phenoxy) is 1.